The van der Waals surface area contributed by atoms with E-state index in [0.717, 1.165) is 38.4 Å². The van der Waals surface area contributed by atoms with Gasteiger partial charge in [-0.25, -0.2) is 0 Å². The molecule has 0 saturated heterocycles. The highest BCUT2D eigenvalue weighted by atomic mass is 16.5. The molecule has 0 spiro atoms. The average molecular weight is 240 g/mol. The Morgan fingerprint density at radius 1 is 1.47 bits per heavy atom. The molecule has 0 atom stereocenters. The molecule has 1 heterocycles. The minimum absolute atomic E-state index is 0.669. The van der Waals surface area contributed by atoms with E-state index in [1.165, 1.54) is 5.69 Å². The molecule has 0 saturated carbocycles. The number of methoxy groups -OCH3 is 1. The number of ether oxygens (including phenoxy) is 1. The first-order valence-electron chi connectivity index (χ1n) is 6.14. The molecule has 0 radical (unpaired) electrons. The third kappa shape index (κ3) is 4.46. The number of aromatic nitrogens is 2. The lowest BCUT2D eigenvalue weighted by Gasteiger charge is -2.20. The summed E-state index contributed by atoms with van der Waals surface area (Å²) in [6, 6.07) is 2.16. The third-order valence-electron chi connectivity index (χ3n) is 2.83. The van der Waals surface area contributed by atoms with E-state index in [1.807, 2.05) is 11.7 Å². The number of aryl methyl sites for hydroxylation is 2. The van der Waals surface area contributed by atoms with E-state index in [1.54, 1.807) is 7.11 Å². The summed E-state index contributed by atoms with van der Waals surface area (Å²) in [5, 5.41) is 4.45. The van der Waals surface area contributed by atoms with Crippen LogP contribution in [-0.4, -0.2) is 48.0 Å². The van der Waals surface area contributed by atoms with E-state index in [-0.39, 0.29) is 0 Å². The Morgan fingerprint density at radius 3 is 2.76 bits per heavy atom. The summed E-state index contributed by atoms with van der Waals surface area (Å²) in [7, 11) is 3.71. The van der Waals surface area contributed by atoms with Crippen molar-refractivity contribution in [3.63, 3.8) is 0 Å². The van der Waals surface area contributed by atoms with Crippen LogP contribution in [0.15, 0.2) is 6.07 Å². The van der Waals surface area contributed by atoms with Gasteiger partial charge in [0.1, 0.15) is 0 Å². The largest absolute Gasteiger partial charge is 0.383 e. The molecular formula is C12H24N4O. The van der Waals surface area contributed by atoms with E-state index in [9.17, 15) is 0 Å². The molecule has 0 aromatic carbocycles. The third-order valence-corrected chi connectivity index (χ3v) is 2.83. The Labute approximate surface area is 104 Å². The molecule has 0 aliphatic carbocycles. The van der Waals surface area contributed by atoms with E-state index < -0.39 is 0 Å². The Morgan fingerprint density at radius 2 is 2.24 bits per heavy atom. The van der Waals surface area contributed by atoms with Crippen LogP contribution in [-0.2, 0) is 24.8 Å². The van der Waals surface area contributed by atoms with Crippen LogP contribution in [0.4, 0.5) is 0 Å². The van der Waals surface area contributed by atoms with Crippen molar-refractivity contribution in [2.75, 3.05) is 33.4 Å². The van der Waals surface area contributed by atoms with Crippen LogP contribution in [0.25, 0.3) is 0 Å². The minimum atomic E-state index is 0.669. The van der Waals surface area contributed by atoms with Crippen molar-refractivity contribution in [2.45, 2.75) is 19.9 Å². The normalized spacial score (nSPS) is 11.4. The molecule has 0 fully saturated rings. The fraction of sp³-hybridized carbons (Fsp3) is 0.750. The lowest BCUT2D eigenvalue weighted by molar-refractivity contribution is 0.144. The van der Waals surface area contributed by atoms with Gasteiger partial charge in [0.2, 0.25) is 0 Å². The predicted octanol–water partition coefficient (Wildman–Crippen LogP) is 0.390. The molecule has 0 bridgehead atoms. The zero-order valence-electron chi connectivity index (χ0n) is 11.1. The van der Waals surface area contributed by atoms with Gasteiger partial charge in [-0.05, 0) is 12.5 Å². The molecule has 1 aromatic rings. The highest BCUT2D eigenvalue weighted by Crippen LogP contribution is 2.07. The number of hydrogen-bond acceptors (Lipinski definition) is 4. The van der Waals surface area contributed by atoms with Crippen molar-refractivity contribution in [1.29, 1.82) is 0 Å². The maximum Gasteiger partial charge on any atom is 0.0625 e. The Bertz CT molecular complexity index is 324. The fourth-order valence-corrected chi connectivity index (χ4v) is 1.79. The summed E-state index contributed by atoms with van der Waals surface area (Å²) in [6.07, 6.45) is 0.975. The van der Waals surface area contributed by atoms with Crippen LogP contribution in [0.2, 0.25) is 0 Å². The first-order valence-corrected chi connectivity index (χ1v) is 6.14. The topological polar surface area (TPSA) is 56.3 Å². The maximum atomic E-state index is 5.62. The van der Waals surface area contributed by atoms with Crippen molar-refractivity contribution in [2.24, 2.45) is 12.8 Å². The molecule has 0 unspecified atom stereocenters. The van der Waals surface area contributed by atoms with Crippen molar-refractivity contribution in [1.82, 2.24) is 14.7 Å². The summed E-state index contributed by atoms with van der Waals surface area (Å²) < 4.78 is 7.06. The van der Waals surface area contributed by atoms with Gasteiger partial charge in [-0.1, -0.05) is 6.92 Å². The van der Waals surface area contributed by atoms with Crippen LogP contribution < -0.4 is 5.73 Å². The van der Waals surface area contributed by atoms with Gasteiger partial charge in [-0.2, -0.15) is 5.10 Å². The molecule has 1 rings (SSSR count). The van der Waals surface area contributed by atoms with Gasteiger partial charge in [-0.3, -0.25) is 9.58 Å². The first-order chi connectivity index (χ1) is 8.21. The zero-order valence-corrected chi connectivity index (χ0v) is 11.1. The SMILES string of the molecule is CCc1cc(CN(CCN)CCOC)n(C)n1. The summed E-state index contributed by atoms with van der Waals surface area (Å²) in [4.78, 5) is 2.29. The van der Waals surface area contributed by atoms with E-state index in [0.29, 0.717) is 6.54 Å². The lowest BCUT2D eigenvalue weighted by Crippen LogP contribution is -2.32. The molecular weight excluding hydrogens is 216 g/mol. The van der Waals surface area contributed by atoms with Crippen LogP contribution in [0.1, 0.15) is 18.3 Å². The summed E-state index contributed by atoms with van der Waals surface area (Å²) >= 11 is 0. The fourth-order valence-electron chi connectivity index (χ4n) is 1.79. The standard InChI is InChI=1S/C12H24N4O/c1-4-11-9-12(15(2)14-11)10-16(6-5-13)7-8-17-3/h9H,4-8,10,13H2,1-3H3. The highest BCUT2D eigenvalue weighted by molar-refractivity contribution is 5.10. The second-order valence-electron chi connectivity index (χ2n) is 4.16. The smallest absolute Gasteiger partial charge is 0.0625 e. The van der Waals surface area contributed by atoms with Crippen LogP contribution in [0.5, 0.6) is 0 Å². The zero-order chi connectivity index (χ0) is 12.7. The van der Waals surface area contributed by atoms with Gasteiger partial charge in [0.25, 0.3) is 0 Å². The summed E-state index contributed by atoms with van der Waals surface area (Å²) in [5.41, 5.74) is 7.99. The van der Waals surface area contributed by atoms with Crippen molar-refractivity contribution in [3.8, 4) is 0 Å². The summed E-state index contributed by atoms with van der Waals surface area (Å²) in [6.45, 7) is 6.19. The van der Waals surface area contributed by atoms with E-state index in [4.69, 9.17) is 10.5 Å². The van der Waals surface area contributed by atoms with Gasteiger partial charge >= 0.3 is 0 Å². The quantitative estimate of drug-likeness (QED) is 0.714. The van der Waals surface area contributed by atoms with Crippen molar-refractivity contribution < 1.29 is 4.74 Å². The Hall–Kier alpha value is -0.910. The molecule has 17 heavy (non-hydrogen) atoms. The average Bonchev–Trinajstić information content (AvgIpc) is 2.67. The molecule has 0 aliphatic heterocycles. The molecule has 2 N–H and O–H groups in total. The van der Waals surface area contributed by atoms with Gasteiger partial charge in [0.15, 0.2) is 0 Å². The number of rotatable bonds is 8. The van der Waals surface area contributed by atoms with E-state index in [2.05, 4.69) is 23.0 Å². The molecule has 0 amide bonds. The number of nitrogens with two attached hydrogens (primary N) is 1. The van der Waals surface area contributed by atoms with Gasteiger partial charge < -0.3 is 10.5 Å². The summed E-state index contributed by atoms with van der Waals surface area (Å²) in [5.74, 6) is 0. The molecule has 5 nitrogen and oxygen atoms in total. The van der Waals surface area contributed by atoms with Crippen LogP contribution in [0.3, 0.4) is 0 Å². The lowest BCUT2D eigenvalue weighted by atomic mass is 10.3. The number of nitrogens with zero attached hydrogens (tertiary/aromatic N) is 3. The maximum absolute atomic E-state index is 5.62. The monoisotopic (exact) mass is 240 g/mol. The highest BCUT2D eigenvalue weighted by Gasteiger charge is 2.09. The molecule has 0 aliphatic rings. The second kappa shape index (κ2) is 7.42. The van der Waals surface area contributed by atoms with Crippen LogP contribution >= 0.6 is 0 Å². The molecule has 1 aromatic heterocycles. The Kier molecular flexibility index (Phi) is 6.18. The molecule has 98 valence electrons. The van der Waals surface area contributed by atoms with Gasteiger partial charge in [0, 0.05) is 40.3 Å². The van der Waals surface area contributed by atoms with Gasteiger partial charge in [-0.15, -0.1) is 0 Å². The first kappa shape index (κ1) is 14.2. The van der Waals surface area contributed by atoms with Crippen molar-refractivity contribution >= 4 is 0 Å². The minimum Gasteiger partial charge on any atom is -0.383 e. The Balaban J connectivity index is 2.60. The molecule has 5 heteroatoms. The predicted molar refractivity (Wildman–Crippen MR) is 68.8 cm³/mol. The van der Waals surface area contributed by atoms with Crippen LogP contribution in [0, 0.1) is 0 Å². The van der Waals surface area contributed by atoms with Crippen molar-refractivity contribution in [3.05, 3.63) is 17.5 Å². The van der Waals surface area contributed by atoms with E-state index >= 15 is 0 Å². The second-order valence-corrected chi connectivity index (χ2v) is 4.16. The van der Waals surface area contributed by atoms with Gasteiger partial charge in [0.05, 0.1) is 18.0 Å². The number of hydrogen-bond donors (Lipinski definition) is 1.